The quantitative estimate of drug-likeness (QED) is 0.793. The zero-order chi connectivity index (χ0) is 16.8. The lowest BCUT2D eigenvalue weighted by molar-refractivity contribution is 0.00578. The number of aromatic nitrogens is 1. The largest absolute Gasteiger partial charge is 0.494 e. The molecule has 1 aromatic carbocycles. The molecule has 0 atom stereocenters. The van der Waals surface area contributed by atoms with Gasteiger partial charge in [0.1, 0.15) is 0 Å². The predicted molar refractivity (Wildman–Crippen MR) is 94.9 cm³/mol. The van der Waals surface area contributed by atoms with Crippen molar-refractivity contribution in [3.05, 3.63) is 47.7 Å². The number of hydrogen-bond acceptors (Lipinski definition) is 3. The number of pyridine rings is 1. The normalized spacial score (nSPS) is 19.1. The van der Waals surface area contributed by atoms with E-state index in [9.17, 15) is 0 Å². The molecule has 23 heavy (non-hydrogen) atoms. The second-order valence-corrected chi connectivity index (χ2v) is 7.38. The van der Waals surface area contributed by atoms with Gasteiger partial charge in [-0.1, -0.05) is 24.3 Å². The molecule has 0 amide bonds. The first-order valence-electron chi connectivity index (χ1n) is 8.09. The van der Waals surface area contributed by atoms with Crippen LogP contribution >= 0.6 is 0 Å². The highest BCUT2D eigenvalue weighted by atomic mass is 16.7. The summed E-state index contributed by atoms with van der Waals surface area (Å²) in [6, 6.07) is 10.5. The average Bonchev–Trinajstić information content (AvgIpc) is 2.68. The lowest BCUT2D eigenvalue weighted by atomic mass is 9.77. The van der Waals surface area contributed by atoms with Crippen molar-refractivity contribution in [1.82, 2.24) is 4.98 Å². The number of hydrogen-bond donors (Lipinski definition) is 0. The minimum atomic E-state index is -0.321. The zero-order valence-corrected chi connectivity index (χ0v) is 14.8. The van der Waals surface area contributed by atoms with Gasteiger partial charge in [0.15, 0.2) is 0 Å². The molecule has 1 aliphatic heterocycles. The number of benzene rings is 1. The minimum Gasteiger partial charge on any atom is -0.399 e. The van der Waals surface area contributed by atoms with Crippen molar-refractivity contribution in [1.29, 1.82) is 0 Å². The van der Waals surface area contributed by atoms with Crippen LogP contribution in [0.15, 0.2) is 36.5 Å². The minimum absolute atomic E-state index is 0.317. The lowest BCUT2D eigenvalue weighted by Gasteiger charge is -2.32. The van der Waals surface area contributed by atoms with Crippen molar-refractivity contribution in [3.8, 4) is 11.3 Å². The van der Waals surface area contributed by atoms with E-state index in [0.29, 0.717) is 0 Å². The molecule has 1 aromatic heterocycles. The van der Waals surface area contributed by atoms with Gasteiger partial charge >= 0.3 is 7.12 Å². The van der Waals surface area contributed by atoms with E-state index in [-0.39, 0.29) is 18.3 Å². The van der Waals surface area contributed by atoms with Gasteiger partial charge in [-0.05, 0) is 64.2 Å². The predicted octanol–water partition coefficient (Wildman–Crippen LogP) is 3.66. The molecule has 2 aromatic rings. The Labute approximate surface area is 139 Å². The maximum Gasteiger partial charge on any atom is 0.494 e. The summed E-state index contributed by atoms with van der Waals surface area (Å²) in [5.41, 5.74) is 4.90. The Bertz CT molecular complexity index is 707. The molecule has 0 aliphatic carbocycles. The van der Waals surface area contributed by atoms with Gasteiger partial charge in [-0.25, -0.2) is 0 Å². The summed E-state index contributed by atoms with van der Waals surface area (Å²) in [7, 11) is -0.321. The van der Waals surface area contributed by atoms with Crippen molar-refractivity contribution in [2.75, 3.05) is 0 Å². The molecule has 1 saturated heterocycles. The molecule has 0 bridgehead atoms. The van der Waals surface area contributed by atoms with Gasteiger partial charge in [0.25, 0.3) is 0 Å². The standard InChI is InChI=1S/C19H24BNO2/c1-13-7-10-17(21-12-13)16-9-8-15(11-14(16)2)20-22-18(3,4)19(5,6)23-20/h7-12H,1-6H3. The molecule has 2 heterocycles. The molecule has 3 nitrogen and oxygen atoms in total. The number of nitrogens with zero attached hydrogens (tertiary/aromatic N) is 1. The first-order valence-corrected chi connectivity index (χ1v) is 8.09. The van der Waals surface area contributed by atoms with Crippen LogP contribution in [0.4, 0.5) is 0 Å². The molecule has 0 unspecified atom stereocenters. The van der Waals surface area contributed by atoms with Crippen LogP contribution in [0.25, 0.3) is 11.3 Å². The van der Waals surface area contributed by atoms with Crippen molar-refractivity contribution in [3.63, 3.8) is 0 Å². The molecule has 1 aliphatic rings. The summed E-state index contributed by atoms with van der Waals surface area (Å²) in [5.74, 6) is 0. The molecule has 1 fully saturated rings. The summed E-state index contributed by atoms with van der Waals surface area (Å²) < 4.78 is 12.3. The molecule has 120 valence electrons. The number of rotatable bonds is 2. The molecule has 0 spiro atoms. The molecule has 3 rings (SSSR count). The van der Waals surface area contributed by atoms with Gasteiger partial charge in [-0.15, -0.1) is 0 Å². The second kappa shape index (κ2) is 5.46. The average molecular weight is 309 g/mol. The SMILES string of the molecule is Cc1ccc(-c2ccc(B3OC(C)(C)C(C)(C)O3)cc2C)nc1. The molecule has 0 saturated carbocycles. The third-order valence-corrected chi connectivity index (χ3v) is 4.96. The third-order valence-electron chi connectivity index (χ3n) is 4.96. The summed E-state index contributed by atoms with van der Waals surface area (Å²) in [4.78, 5) is 4.52. The van der Waals surface area contributed by atoms with Gasteiger partial charge in [-0.3, -0.25) is 4.98 Å². The highest BCUT2D eigenvalue weighted by Crippen LogP contribution is 2.36. The number of aryl methyl sites for hydroxylation is 2. The van der Waals surface area contributed by atoms with Crippen molar-refractivity contribution in [2.45, 2.75) is 52.7 Å². The first kappa shape index (κ1) is 16.2. The van der Waals surface area contributed by atoms with Crippen molar-refractivity contribution >= 4 is 12.6 Å². The van der Waals surface area contributed by atoms with E-state index in [1.54, 1.807) is 0 Å². The molecule has 0 radical (unpaired) electrons. The van der Waals surface area contributed by atoms with Crippen LogP contribution in [-0.4, -0.2) is 23.3 Å². The summed E-state index contributed by atoms with van der Waals surface area (Å²) in [6.45, 7) is 12.4. The van der Waals surface area contributed by atoms with Gasteiger partial charge < -0.3 is 9.31 Å². The Kier molecular flexibility index (Phi) is 3.85. The Morgan fingerprint density at radius 1 is 0.913 bits per heavy atom. The summed E-state index contributed by atoms with van der Waals surface area (Å²) >= 11 is 0. The maximum atomic E-state index is 6.13. The van der Waals surface area contributed by atoms with Gasteiger partial charge in [0, 0.05) is 11.8 Å². The summed E-state index contributed by atoms with van der Waals surface area (Å²) in [5, 5.41) is 0. The Balaban J connectivity index is 1.90. The molecule has 0 N–H and O–H groups in total. The topological polar surface area (TPSA) is 31.4 Å². The Morgan fingerprint density at radius 2 is 1.57 bits per heavy atom. The summed E-state index contributed by atoms with van der Waals surface area (Å²) in [6.07, 6.45) is 1.90. The van der Waals surface area contributed by atoms with E-state index < -0.39 is 0 Å². The monoisotopic (exact) mass is 309 g/mol. The van der Waals surface area contributed by atoms with E-state index in [1.807, 2.05) is 13.1 Å². The van der Waals surface area contributed by atoms with Gasteiger partial charge in [0.05, 0.1) is 16.9 Å². The fourth-order valence-electron chi connectivity index (χ4n) is 2.73. The maximum absolute atomic E-state index is 6.13. The highest BCUT2D eigenvalue weighted by molar-refractivity contribution is 6.62. The van der Waals surface area contributed by atoms with Crippen molar-refractivity contribution < 1.29 is 9.31 Å². The highest BCUT2D eigenvalue weighted by Gasteiger charge is 2.51. The molecule has 4 heteroatoms. The molecular formula is C19H24BNO2. The van der Waals surface area contributed by atoms with Crippen molar-refractivity contribution in [2.24, 2.45) is 0 Å². The van der Waals surface area contributed by atoms with Crippen LogP contribution in [-0.2, 0) is 9.31 Å². The van der Waals surface area contributed by atoms with E-state index in [0.717, 1.165) is 16.7 Å². The van der Waals surface area contributed by atoms with E-state index in [1.165, 1.54) is 11.1 Å². The van der Waals surface area contributed by atoms with Gasteiger partial charge in [0.2, 0.25) is 0 Å². The second-order valence-electron chi connectivity index (χ2n) is 7.38. The molecular weight excluding hydrogens is 285 g/mol. The smallest absolute Gasteiger partial charge is 0.399 e. The van der Waals surface area contributed by atoms with E-state index in [4.69, 9.17) is 9.31 Å². The Morgan fingerprint density at radius 3 is 2.09 bits per heavy atom. The van der Waals surface area contributed by atoms with Crippen LogP contribution < -0.4 is 5.46 Å². The zero-order valence-electron chi connectivity index (χ0n) is 14.8. The van der Waals surface area contributed by atoms with Crippen LogP contribution in [0.1, 0.15) is 38.8 Å². The lowest BCUT2D eigenvalue weighted by Crippen LogP contribution is -2.41. The third kappa shape index (κ3) is 2.93. The first-order chi connectivity index (χ1) is 10.7. The van der Waals surface area contributed by atoms with Crippen LogP contribution in [0, 0.1) is 13.8 Å². The van der Waals surface area contributed by atoms with Gasteiger partial charge in [-0.2, -0.15) is 0 Å². The van der Waals surface area contributed by atoms with Crippen LogP contribution in [0.3, 0.4) is 0 Å². The Hall–Kier alpha value is -1.65. The van der Waals surface area contributed by atoms with Crippen LogP contribution in [0.2, 0.25) is 0 Å². The van der Waals surface area contributed by atoms with E-state index >= 15 is 0 Å². The fourth-order valence-corrected chi connectivity index (χ4v) is 2.73. The van der Waals surface area contributed by atoms with Crippen LogP contribution in [0.5, 0.6) is 0 Å². The van der Waals surface area contributed by atoms with E-state index in [2.05, 4.69) is 69.9 Å². The fraction of sp³-hybridized carbons (Fsp3) is 0.421.